The van der Waals surface area contributed by atoms with E-state index in [2.05, 4.69) is 0 Å². The zero-order valence-corrected chi connectivity index (χ0v) is 9.57. The monoisotopic (exact) mass is 252 g/mol. The van der Waals surface area contributed by atoms with Crippen molar-refractivity contribution >= 4 is 28.6 Å². The van der Waals surface area contributed by atoms with Gasteiger partial charge in [0.25, 0.3) is 0 Å². The largest absolute Gasteiger partial charge is 0.397 e. The van der Waals surface area contributed by atoms with Crippen LogP contribution in [0.25, 0.3) is 10.4 Å². The summed E-state index contributed by atoms with van der Waals surface area (Å²) in [6.45, 7) is 0. The third-order valence-corrected chi connectivity index (χ3v) is 3.46. The van der Waals surface area contributed by atoms with E-state index in [1.165, 1.54) is 23.5 Å². The molecule has 0 aliphatic carbocycles. The number of nitrogens with zero attached hydrogens (tertiary/aromatic N) is 1. The maximum absolute atomic E-state index is 13.0. The number of nitrogens with two attached hydrogens (primary N) is 1. The summed E-state index contributed by atoms with van der Waals surface area (Å²) in [5.41, 5.74) is 6.83. The number of halogens is 2. The Morgan fingerprint density at radius 1 is 1.38 bits per heavy atom. The Morgan fingerprint density at radius 2 is 2.12 bits per heavy atom. The quantitative estimate of drug-likeness (QED) is 0.842. The molecule has 2 rings (SSSR count). The standard InChI is InChI=1S/C11H6ClFN2S/c12-7-3-6(1-2-8(7)13)10-4-9(15)11(5-14)16-10/h1-4H,15H2. The fraction of sp³-hybridized carbons (Fsp3) is 0. The third kappa shape index (κ3) is 1.87. The maximum Gasteiger partial charge on any atom is 0.141 e. The van der Waals surface area contributed by atoms with Gasteiger partial charge in [0.15, 0.2) is 0 Å². The predicted octanol–water partition coefficient (Wildman–Crippen LogP) is 3.66. The molecular weight excluding hydrogens is 247 g/mol. The minimum atomic E-state index is -0.463. The highest BCUT2D eigenvalue weighted by atomic mass is 35.5. The molecule has 0 bridgehead atoms. The maximum atomic E-state index is 13.0. The van der Waals surface area contributed by atoms with Gasteiger partial charge in [-0.3, -0.25) is 0 Å². The van der Waals surface area contributed by atoms with Crippen LogP contribution in [0.15, 0.2) is 24.3 Å². The number of nitriles is 1. The summed E-state index contributed by atoms with van der Waals surface area (Å²) in [6, 6.07) is 8.10. The second-order valence-corrected chi connectivity index (χ2v) is 4.60. The molecule has 0 amide bonds. The molecule has 0 aliphatic heterocycles. The highest BCUT2D eigenvalue weighted by Gasteiger charge is 2.09. The molecule has 0 spiro atoms. The van der Waals surface area contributed by atoms with Crippen molar-refractivity contribution in [2.45, 2.75) is 0 Å². The third-order valence-electron chi connectivity index (χ3n) is 2.07. The second-order valence-electron chi connectivity index (χ2n) is 3.14. The Balaban J connectivity index is 2.51. The average Bonchev–Trinajstić information content (AvgIpc) is 2.64. The first-order valence-electron chi connectivity index (χ1n) is 4.36. The Bertz CT molecular complexity index is 586. The van der Waals surface area contributed by atoms with Crippen LogP contribution in [0, 0.1) is 17.1 Å². The summed E-state index contributed by atoms with van der Waals surface area (Å²) in [5, 5.41) is 8.83. The summed E-state index contributed by atoms with van der Waals surface area (Å²) in [4.78, 5) is 1.26. The number of hydrogen-bond donors (Lipinski definition) is 1. The van der Waals surface area contributed by atoms with Crippen molar-refractivity contribution < 1.29 is 4.39 Å². The van der Waals surface area contributed by atoms with Crippen LogP contribution in [-0.2, 0) is 0 Å². The lowest BCUT2D eigenvalue weighted by atomic mass is 10.2. The van der Waals surface area contributed by atoms with Crippen LogP contribution in [0.3, 0.4) is 0 Å². The summed E-state index contributed by atoms with van der Waals surface area (Å²) in [7, 11) is 0. The summed E-state index contributed by atoms with van der Waals surface area (Å²) in [6.07, 6.45) is 0. The van der Waals surface area contributed by atoms with Crippen LogP contribution < -0.4 is 5.73 Å². The first-order chi connectivity index (χ1) is 7.61. The van der Waals surface area contributed by atoms with Gasteiger partial charge in [0.2, 0.25) is 0 Å². The van der Waals surface area contributed by atoms with Crippen LogP contribution in [0.2, 0.25) is 5.02 Å². The number of hydrogen-bond acceptors (Lipinski definition) is 3. The molecule has 5 heteroatoms. The SMILES string of the molecule is N#Cc1sc(-c2ccc(F)c(Cl)c2)cc1N. The Morgan fingerprint density at radius 3 is 2.69 bits per heavy atom. The van der Waals surface area contributed by atoms with Gasteiger partial charge < -0.3 is 5.73 Å². The van der Waals surface area contributed by atoms with Crippen molar-refractivity contribution in [2.24, 2.45) is 0 Å². The first-order valence-corrected chi connectivity index (χ1v) is 5.56. The van der Waals surface area contributed by atoms with Gasteiger partial charge in [-0.05, 0) is 23.8 Å². The van der Waals surface area contributed by atoms with Crippen molar-refractivity contribution in [3.05, 3.63) is 40.0 Å². The number of anilines is 1. The van der Waals surface area contributed by atoms with E-state index in [1.807, 2.05) is 6.07 Å². The molecule has 80 valence electrons. The fourth-order valence-corrected chi connectivity index (χ4v) is 2.34. The number of nitrogen functional groups attached to an aromatic ring is 1. The first kappa shape index (κ1) is 10.9. The molecule has 1 aromatic heterocycles. The molecule has 2 aromatic rings. The molecule has 0 radical (unpaired) electrons. The molecule has 0 saturated heterocycles. The van der Waals surface area contributed by atoms with E-state index in [4.69, 9.17) is 22.6 Å². The van der Waals surface area contributed by atoms with Crippen LogP contribution in [0.1, 0.15) is 4.88 Å². The number of benzene rings is 1. The van der Waals surface area contributed by atoms with E-state index >= 15 is 0 Å². The van der Waals surface area contributed by atoms with Crippen LogP contribution >= 0.6 is 22.9 Å². The van der Waals surface area contributed by atoms with Gasteiger partial charge in [-0.1, -0.05) is 17.7 Å². The Labute approximate surface area is 101 Å². The molecule has 0 unspecified atom stereocenters. The van der Waals surface area contributed by atoms with Gasteiger partial charge >= 0.3 is 0 Å². The number of rotatable bonds is 1. The average molecular weight is 253 g/mol. The lowest BCUT2D eigenvalue weighted by Gasteiger charge is -1.98. The topological polar surface area (TPSA) is 49.8 Å². The van der Waals surface area contributed by atoms with Crippen LogP contribution in [-0.4, -0.2) is 0 Å². The minimum absolute atomic E-state index is 0.0583. The van der Waals surface area contributed by atoms with Gasteiger partial charge in [0.05, 0.1) is 10.7 Å². The second kappa shape index (κ2) is 4.12. The van der Waals surface area contributed by atoms with Gasteiger partial charge in [-0.25, -0.2) is 4.39 Å². The van der Waals surface area contributed by atoms with E-state index in [9.17, 15) is 4.39 Å². The highest BCUT2D eigenvalue weighted by Crippen LogP contribution is 2.34. The van der Waals surface area contributed by atoms with Gasteiger partial charge in [0.1, 0.15) is 16.8 Å². The van der Waals surface area contributed by atoms with Crippen molar-refractivity contribution in [1.29, 1.82) is 5.26 Å². The van der Waals surface area contributed by atoms with E-state index in [-0.39, 0.29) is 5.02 Å². The molecule has 0 fully saturated rings. The molecule has 1 aromatic carbocycles. The predicted molar refractivity (Wildman–Crippen MR) is 63.9 cm³/mol. The Kier molecular flexibility index (Phi) is 2.82. The van der Waals surface area contributed by atoms with Crippen molar-refractivity contribution in [2.75, 3.05) is 5.73 Å². The van der Waals surface area contributed by atoms with E-state index in [0.717, 1.165) is 10.4 Å². The molecule has 2 nitrogen and oxygen atoms in total. The van der Waals surface area contributed by atoms with Crippen molar-refractivity contribution in [3.63, 3.8) is 0 Å². The van der Waals surface area contributed by atoms with Crippen molar-refractivity contribution in [1.82, 2.24) is 0 Å². The smallest absolute Gasteiger partial charge is 0.141 e. The summed E-state index contributed by atoms with van der Waals surface area (Å²) >= 11 is 6.94. The van der Waals surface area contributed by atoms with E-state index < -0.39 is 5.82 Å². The summed E-state index contributed by atoms with van der Waals surface area (Å²) < 4.78 is 13.0. The fourth-order valence-electron chi connectivity index (χ4n) is 1.28. The lowest BCUT2D eigenvalue weighted by molar-refractivity contribution is 0.628. The molecule has 0 atom stereocenters. The molecule has 2 N–H and O–H groups in total. The molecular formula is C11H6ClFN2S. The number of thiophene rings is 1. The Hall–Kier alpha value is -1.57. The van der Waals surface area contributed by atoms with Crippen LogP contribution in [0.5, 0.6) is 0 Å². The molecule has 0 saturated carbocycles. The zero-order chi connectivity index (χ0) is 11.7. The van der Waals surface area contributed by atoms with Gasteiger partial charge in [0, 0.05) is 4.88 Å². The van der Waals surface area contributed by atoms with Gasteiger partial charge in [-0.2, -0.15) is 5.26 Å². The van der Waals surface area contributed by atoms with Gasteiger partial charge in [-0.15, -0.1) is 11.3 Å². The molecule has 1 heterocycles. The molecule has 0 aliphatic rings. The van der Waals surface area contributed by atoms with E-state index in [1.54, 1.807) is 12.1 Å². The van der Waals surface area contributed by atoms with Crippen molar-refractivity contribution in [3.8, 4) is 16.5 Å². The minimum Gasteiger partial charge on any atom is -0.397 e. The summed E-state index contributed by atoms with van der Waals surface area (Å²) in [5.74, 6) is -0.463. The lowest BCUT2D eigenvalue weighted by Crippen LogP contribution is -1.81. The highest BCUT2D eigenvalue weighted by molar-refractivity contribution is 7.16. The van der Waals surface area contributed by atoms with E-state index in [0.29, 0.717) is 10.6 Å². The zero-order valence-electron chi connectivity index (χ0n) is 8.00. The molecule has 16 heavy (non-hydrogen) atoms. The normalized spacial score (nSPS) is 10.1. The van der Waals surface area contributed by atoms with Crippen LogP contribution in [0.4, 0.5) is 10.1 Å².